The summed E-state index contributed by atoms with van der Waals surface area (Å²) < 4.78 is 1.39. The Hall–Kier alpha value is -0.500. The second kappa shape index (κ2) is 6.51. The van der Waals surface area contributed by atoms with Crippen LogP contribution in [0.1, 0.15) is 10.4 Å². The van der Waals surface area contributed by atoms with Crippen LogP contribution in [-0.2, 0) is 0 Å². The number of rotatable bonds is 2. The van der Waals surface area contributed by atoms with Gasteiger partial charge >= 0.3 is 0 Å². The maximum atomic E-state index is 12.1. The van der Waals surface area contributed by atoms with Crippen molar-refractivity contribution in [3.63, 3.8) is 0 Å². The summed E-state index contributed by atoms with van der Waals surface area (Å²) >= 11 is 17.3. The number of benzene rings is 2. The van der Waals surface area contributed by atoms with Crippen molar-refractivity contribution in [1.29, 1.82) is 0 Å². The number of carbonyl (C=O) groups excluding carboxylic acids is 1. The largest absolute Gasteiger partial charge is 0.507 e. The van der Waals surface area contributed by atoms with E-state index in [0.717, 1.165) is 4.47 Å². The summed E-state index contributed by atoms with van der Waals surface area (Å²) in [6.45, 7) is 0. The summed E-state index contributed by atoms with van der Waals surface area (Å²) in [4.78, 5) is 12.1. The molecule has 0 aliphatic carbocycles. The molecule has 7 heteroatoms. The van der Waals surface area contributed by atoms with E-state index in [0.29, 0.717) is 24.9 Å². The third kappa shape index (κ3) is 3.58. The molecule has 0 unspecified atom stereocenters. The van der Waals surface area contributed by atoms with Crippen LogP contribution in [0.5, 0.6) is 5.75 Å². The fourth-order valence-electron chi connectivity index (χ4n) is 1.50. The molecule has 104 valence electrons. The number of hydrogen-bond donors (Lipinski definition) is 2. The summed E-state index contributed by atoms with van der Waals surface area (Å²) in [5.41, 5.74) is 0.651. The minimum Gasteiger partial charge on any atom is -0.507 e. The minimum atomic E-state index is -0.400. The molecule has 0 saturated heterocycles. The highest BCUT2D eigenvalue weighted by Crippen LogP contribution is 2.34. The number of aromatic hydroxyl groups is 1. The van der Waals surface area contributed by atoms with Crippen LogP contribution in [-0.4, -0.2) is 11.0 Å². The summed E-state index contributed by atoms with van der Waals surface area (Å²) in [5.74, 6) is -0.353. The van der Waals surface area contributed by atoms with E-state index in [2.05, 4.69) is 21.2 Å². The van der Waals surface area contributed by atoms with Gasteiger partial charge in [0, 0.05) is 10.0 Å². The number of hydrogen-bond acceptors (Lipinski definition) is 2. The molecule has 2 rings (SSSR count). The van der Waals surface area contributed by atoms with Gasteiger partial charge in [-0.15, -0.1) is 0 Å². The van der Waals surface area contributed by atoms with E-state index in [1.807, 2.05) is 22.6 Å². The molecular weight excluding hydrogens is 480 g/mol. The molecule has 3 nitrogen and oxygen atoms in total. The lowest BCUT2D eigenvalue weighted by molar-refractivity contribution is 0.102. The van der Waals surface area contributed by atoms with Gasteiger partial charge in [0.15, 0.2) is 0 Å². The summed E-state index contributed by atoms with van der Waals surface area (Å²) in [5, 5.41) is 12.9. The quantitative estimate of drug-likeness (QED) is 0.565. The summed E-state index contributed by atoms with van der Waals surface area (Å²) in [6, 6.07) is 7.91. The molecule has 0 radical (unpaired) electrons. The molecule has 2 N–H and O–H groups in total. The first-order valence-corrected chi connectivity index (χ1v) is 7.95. The van der Waals surface area contributed by atoms with E-state index in [9.17, 15) is 9.90 Å². The van der Waals surface area contributed by atoms with Gasteiger partial charge in [-0.2, -0.15) is 0 Å². The summed E-state index contributed by atoms with van der Waals surface area (Å²) in [7, 11) is 0. The van der Waals surface area contributed by atoms with Crippen molar-refractivity contribution in [2.24, 2.45) is 0 Å². The van der Waals surface area contributed by atoms with Crippen LogP contribution in [0.2, 0.25) is 10.0 Å². The zero-order valence-electron chi connectivity index (χ0n) is 9.75. The van der Waals surface area contributed by atoms with Crippen molar-refractivity contribution in [1.82, 2.24) is 0 Å². The van der Waals surface area contributed by atoms with Gasteiger partial charge < -0.3 is 10.4 Å². The Balaban J connectivity index is 2.30. The predicted molar refractivity (Wildman–Crippen MR) is 92.9 cm³/mol. The smallest absolute Gasteiger partial charge is 0.255 e. The molecule has 0 atom stereocenters. The average molecular weight is 487 g/mol. The van der Waals surface area contributed by atoms with Crippen molar-refractivity contribution in [3.8, 4) is 5.75 Å². The minimum absolute atomic E-state index is 0.0475. The molecule has 0 aliphatic rings. The van der Waals surface area contributed by atoms with E-state index in [1.165, 1.54) is 6.07 Å². The third-order valence-corrected chi connectivity index (χ3v) is 4.42. The van der Waals surface area contributed by atoms with Crippen molar-refractivity contribution in [2.75, 3.05) is 5.32 Å². The summed E-state index contributed by atoms with van der Waals surface area (Å²) in [6.07, 6.45) is 0. The van der Waals surface area contributed by atoms with E-state index in [4.69, 9.17) is 23.2 Å². The fourth-order valence-corrected chi connectivity index (χ4v) is 3.14. The van der Waals surface area contributed by atoms with Crippen LogP contribution in [0.4, 0.5) is 5.69 Å². The first-order chi connectivity index (χ1) is 9.38. The van der Waals surface area contributed by atoms with Crippen LogP contribution >= 0.6 is 61.7 Å². The highest BCUT2D eigenvalue weighted by Gasteiger charge is 2.13. The van der Waals surface area contributed by atoms with Crippen molar-refractivity contribution < 1.29 is 9.90 Å². The van der Waals surface area contributed by atoms with Crippen LogP contribution in [0.15, 0.2) is 34.8 Å². The first kappa shape index (κ1) is 15.9. The molecule has 1 amide bonds. The molecule has 2 aromatic rings. The molecule has 0 saturated carbocycles. The molecule has 0 heterocycles. The Kier molecular flexibility index (Phi) is 5.17. The lowest BCUT2D eigenvalue weighted by Gasteiger charge is -2.10. The van der Waals surface area contributed by atoms with Gasteiger partial charge in [-0.1, -0.05) is 39.1 Å². The molecular formula is C13H7BrCl2INO2. The number of carbonyl (C=O) groups is 1. The third-order valence-electron chi connectivity index (χ3n) is 2.45. The molecule has 2 aromatic carbocycles. The van der Waals surface area contributed by atoms with E-state index < -0.39 is 5.91 Å². The average Bonchev–Trinajstić information content (AvgIpc) is 2.36. The van der Waals surface area contributed by atoms with Gasteiger partial charge in [0.1, 0.15) is 5.75 Å². The fraction of sp³-hybridized carbons (Fsp3) is 0. The predicted octanol–water partition coefficient (Wildman–Crippen LogP) is 5.32. The number of anilines is 1. The monoisotopic (exact) mass is 485 g/mol. The van der Waals surface area contributed by atoms with Gasteiger partial charge in [0.2, 0.25) is 0 Å². The van der Waals surface area contributed by atoms with Crippen LogP contribution in [0.3, 0.4) is 0 Å². The number of phenolic OH excluding ortho intramolecular Hbond substituents is 1. The zero-order valence-corrected chi connectivity index (χ0v) is 15.0. The molecule has 20 heavy (non-hydrogen) atoms. The first-order valence-electron chi connectivity index (χ1n) is 5.33. The van der Waals surface area contributed by atoms with Gasteiger partial charge in [-0.25, -0.2) is 0 Å². The standard InChI is InChI=1S/C13H7BrCl2INO2/c14-7-4-8(15)12(9(16)5-7)18-13(20)6-1-2-10(17)11(19)3-6/h1-5,19H,(H,18,20). The van der Waals surface area contributed by atoms with E-state index in [-0.39, 0.29) is 5.75 Å². The second-order valence-corrected chi connectivity index (χ2v) is 6.76. The van der Waals surface area contributed by atoms with Crippen molar-refractivity contribution >= 4 is 73.3 Å². The SMILES string of the molecule is O=C(Nc1c(Cl)cc(Br)cc1Cl)c1ccc(I)c(O)c1. The van der Waals surface area contributed by atoms with E-state index in [1.54, 1.807) is 24.3 Å². The Morgan fingerprint density at radius 2 is 1.80 bits per heavy atom. The maximum Gasteiger partial charge on any atom is 0.255 e. The second-order valence-electron chi connectivity index (χ2n) is 3.86. The van der Waals surface area contributed by atoms with Crippen LogP contribution < -0.4 is 5.32 Å². The van der Waals surface area contributed by atoms with Crippen LogP contribution in [0.25, 0.3) is 0 Å². The lowest BCUT2D eigenvalue weighted by atomic mass is 10.2. The molecule has 0 aromatic heterocycles. The van der Waals surface area contributed by atoms with Gasteiger partial charge in [-0.05, 0) is 52.9 Å². The Labute approximate surface area is 147 Å². The highest BCUT2D eigenvalue weighted by molar-refractivity contribution is 14.1. The highest BCUT2D eigenvalue weighted by atomic mass is 127. The number of amides is 1. The van der Waals surface area contributed by atoms with Gasteiger partial charge in [-0.3, -0.25) is 4.79 Å². The lowest BCUT2D eigenvalue weighted by Crippen LogP contribution is -2.12. The maximum absolute atomic E-state index is 12.1. The number of nitrogens with one attached hydrogen (secondary N) is 1. The number of phenols is 1. The Bertz CT molecular complexity index is 671. The van der Waals surface area contributed by atoms with Gasteiger partial charge in [0.25, 0.3) is 5.91 Å². The Morgan fingerprint density at radius 1 is 1.20 bits per heavy atom. The molecule has 0 aliphatic heterocycles. The Morgan fingerprint density at radius 3 is 2.35 bits per heavy atom. The van der Waals surface area contributed by atoms with Crippen molar-refractivity contribution in [2.45, 2.75) is 0 Å². The van der Waals surface area contributed by atoms with Crippen LogP contribution in [0, 0.1) is 3.57 Å². The number of halogens is 4. The zero-order chi connectivity index (χ0) is 14.9. The normalized spacial score (nSPS) is 10.4. The van der Waals surface area contributed by atoms with Gasteiger partial charge in [0.05, 0.1) is 19.3 Å². The van der Waals surface area contributed by atoms with E-state index >= 15 is 0 Å². The molecule has 0 bridgehead atoms. The molecule has 0 fully saturated rings. The molecule has 0 spiro atoms. The topological polar surface area (TPSA) is 49.3 Å². The van der Waals surface area contributed by atoms with Crippen molar-refractivity contribution in [3.05, 3.63) is 54.0 Å².